The van der Waals surface area contributed by atoms with Crippen LogP contribution in [0.5, 0.6) is 0 Å². The Balaban J connectivity index is 2.25. The molecule has 0 saturated carbocycles. The molecule has 0 spiro atoms. The fourth-order valence-corrected chi connectivity index (χ4v) is 3.33. The van der Waals surface area contributed by atoms with Crippen molar-refractivity contribution >= 4 is 17.3 Å². The zero-order chi connectivity index (χ0) is 15.4. The smallest absolute Gasteiger partial charge is 0.0426 e. The molecule has 4 heteroatoms. The van der Waals surface area contributed by atoms with Gasteiger partial charge in [0.15, 0.2) is 0 Å². The molecule has 2 atom stereocenters. The van der Waals surface area contributed by atoms with Crippen molar-refractivity contribution < 1.29 is 0 Å². The molecule has 21 heavy (non-hydrogen) atoms. The van der Waals surface area contributed by atoms with Crippen LogP contribution in [0.3, 0.4) is 0 Å². The topological polar surface area (TPSA) is 32.5 Å². The molecule has 1 aliphatic rings. The van der Waals surface area contributed by atoms with Crippen molar-refractivity contribution in [1.29, 1.82) is 0 Å². The van der Waals surface area contributed by atoms with E-state index in [1.165, 1.54) is 24.1 Å². The van der Waals surface area contributed by atoms with Crippen molar-refractivity contribution in [3.63, 3.8) is 0 Å². The Morgan fingerprint density at radius 1 is 1.43 bits per heavy atom. The van der Waals surface area contributed by atoms with Crippen molar-refractivity contribution in [2.24, 2.45) is 5.73 Å². The van der Waals surface area contributed by atoms with Crippen LogP contribution in [0.2, 0.25) is 5.02 Å². The normalized spacial score (nSPS) is 20.3. The Kier molecular flexibility index (Phi) is 5.91. The van der Waals surface area contributed by atoms with Gasteiger partial charge < -0.3 is 15.5 Å². The summed E-state index contributed by atoms with van der Waals surface area (Å²) in [6.45, 7) is 4.35. The van der Waals surface area contributed by atoms with Crippen LogP contribution >= 0.6 is 11.6 Å². The number of likely N-dealkylation sites (N-methyl/N-ethyl adjacent to an activating group) is 1. The molecule has 0 radical (unpaired) electrons. The second-order valence-corrected chi connectivity index (χ2v) is 6.83. The summed E-state index contributed by atoms with van der Waals surface area (Å²) >= 11 is 6.25. The van der Waals surface area contributed by atoms with Gasteiger partial charge in [-0.1, -0.05) is 24.6 Å². The van der Waals surface area contributed by atoms with E-state index in [1.807, 2.05) is 6.07 Å². The monoisotopic (exact) mass is 309 g/mol. The largest absolute Gasteiger partial charge is 0.367 e. The van der Waals surface area contributed by atoms with E-state index in [2.05, 4.69) is 43.0 Å². The molecular formula is C17H28ClN3. The summed E-state index contributed by atoms with van der Waals surface area (Å²) in [4.78, 5) is 4.80. The summed E-state index contributed by atoms with van der Waals surface area (Å²) in [5.41, 5.74) is 8.79. The molecule has 1 saturated heterocycles. The molecule has 0 aliphatic carbocycles. The minimum atomic E-state index is 0.222. The number of nitrogens with zero attached hydrogens (tertiary/aromatic N) is 2. The lowest BCUT2D eigenvalue weighted by Crippen LogP contribution is -2.38. The minimum Gasteiger partial charge on any atom is -0.367 e. The molecule has 2 N–H and O–H groups in total. The molecule has 0 bridgehead atoms. The van der Waals surface area contributed by atoms with Crippen molar-refractivity contribution in [3.8, 4) is 0 Å². The maximum atomic E-state index is 6.25. The van der Waals surface area contributed by atoms with Gasteiger partial charge in [-0.15, -0.1) is 0 Å². The van der Waals surface area contributed by atoms with Crippen LogP contribution in [0, 0.1) is 0 Å². The molecule has 1 aliphatic heterocycles. The maximum Gasteiger partial charge on any atom is 0.0426 e. The lowest BCUT2D eigenvalue weighted by atomic mass is 10.0. The number of benzene rings is 1. The van der Waals surface area contributed by atoms with Crippen LogP contribution in [-0.2, 0) is 6.42 Å². The van der Waals surface area contributed by atoms with Gasteiger partial charge in [-0.3, -0.25) is 0 Å². The summed E-state index contributed by atoms with van der Waals surface area (Å²) in [7, 11) is 4.28. The molecule has 1 fully saturated rings. The van der Waals surface area contributed by atoms with Gasteiger partial charge in [-0.2, -0.15) is 0 Å². The fourth-order valence-electron chi connectivity index (χ4n) is 3.17. The first-order chi connectivity index (χ1) is 10.0. The predicted octanol–water partition coefficient (Wildman–Crippen LogP) is 3.15. The van der Waals surface area contributed by atoms with Gasteiger partial charge in [0.2, 0.25) is 0 Å². The average Bonchev–Trinajstić information content (AvgIpc) is 2.87. The summed E-state index contributed by atoms with van der Waals surface area (Å²) in [6.07, 6.45) is 4.44. The summed E-state index contributed by atoms with van der Waals surface area (Å²) < 4.78 is 0. The molecular weight excluding hydrogens is 282 g/mol. The number of hydrogen-bond acceptors (Lipinski definition) is 3. The van der Waals surface area contributed by atoms with E-state index >= 15 is 0 Å². The second-order valence-electron chi connectivity index (χ2n) is 6.40. The zero-order valence-electron chi connectivity index (χ0n) is 13.5. The summed E-state index contributed by atoms with van der Waals surface area (Å²) in [5.74, 6) is 0. The summed E-state index contributed by atoms with van der Waals surface area (Å²) in [6, 6.07) is 7.06. The van der Waals surface area contributed by atoms with Gasteiger partial charge in [-0.25, -0.2) is 0 Å². The molecule has 0 amide bonds. The first-order valence-corrected chi connectivity index (χ1v) is 8.34. The van der Waals surface area contributed by atoms with Crippen molar-refractivity contribution in [2.75, 3.05) is 32.1 Å². The highest BCUT2D eigenvalue weighted by Gasteiger charge is 2.27. The predicted molar refractivity (Wildman–Crippen MR) is 92.3 cm³/mol. The first-order valence-electron chi connectivity index (χ1n) is 7.96. The SMILES string of the molecule is CCC(N)Cc1ccc(Cl)cc1N1CCCC1CN(C)C. The van der Waals surface area contributed by atoms with Gasteiger partial charge in [0.1, 0.15) is 0 Å². The Hall–Kier alpha value is -0.770. The molecule has 2 unspecified atom stereocenters. The van der Waals surface area contributed by atoms with E-state index < -0.39 is 0 Å². The number of nitrogens with two attached hydrogens (primary N) is 1. The van der Waals surface area contributed by atoms with Crippen LogP contribution in [-0.4, -0.2) is 44.2 Å². The quantitative estimate of drug-likeness (QED) is 0.876. The van der Waals surface area contributed by atoms with Crippen LogP contribution < -0.4 is 10.6 Å². The highest BCUT2D eigenvalue weighted by Crippen LogP contribution is 2.32. The van der Waals surface area contributed by atoms with E-state index in [4.69, 9.17) is 17.3 Å². The highest BCUT2D eigenvalue weighted by molar-refractivity contribution is 6.30. The van der Waals surface area contributed by atoms with E-state index in [-0.39, 0.29) is 6.04 Å². The summed E-state index contributed by atoms with van der Waals surface area (Å²) in [5, 5.41) is 0.814. The number of rotatable bonds is 6. The van der Waals surface area contributed by atoms with E-state index in [9.17, 15) is 0 Å². The van der Waals surface area contributed by atoms with Crippen LogP contribution in [0.1, 0.15) is 31.7 Å². The minimum absolute atomic E-state index is 0.222. The third-order valence-electron chi connectivity index (χ3n) is 4.32. The molecule has 1 aromatic carbocycles. The Labute approximate surface area is 134 Å². The van der Waals surface area contributed by atoms with E-state index in [0.29, 0.717) is 6.04 Å². The maximum absolute atomic E-state index is 6.25. The van der Waals surface area contributed by atoms with Crippen LogP contribution in [0.25, 0.3) is 0 Å². The highest BCUT2D eigenvalue weighted by atomic mass is 35.5. The van der Waals surface area contributed by atoms with Gasteiger partial charge >= 0.3 is 0 Å². The van der Waals surface area contributed by atoms with Crippen LogP contribution in [0.4, 0.5) is 5.69 Å². The number of anilines is 1. The van der Waals surface area contributed by atoms with E-state index in [1.54, 1.807) is 0 Å². The average molecular weight is 310 g/mol. The molecule has 1 aromatic rings. The van der Waals surface area contributed by atoms with Crippen molar-refractivity contribution in [1.82, 2.24) is 4.90 Å². The van der Waals surface area contributed by atoms with E-state index in [0.717, 1.165) is 31.0 Å². The Morgan fingerprint density at radius 2 is 2.19 bits per heavy atom. The van der Waals surface area contributed by atoms with Gasteiger partial charge in [0.05, 0.1) is 0 Å². The standard InChI is InChI=1S/C17H28ClN3/c1-4-15(19)10-13-7-8-14(18)11-17(13)21-9-5-6-16(21)12-20(2)3/h7-8,11,15-16H,4-6,9-10,12,19H2,1-3H3. The molecule has 118 valence electrons. The lowest BCUT2D eigenvalue weighted by molar-refractivity contribution is 0.372. The van der Waals surface area contributed by atoms with Crippen molar-refractivity contribution in [3.05, 3.63) is 28.8 Å². The fraction of sp³-hybridized carbons (Fsp3) is 0.647. The second kappa shape index (κ2) is 7.48. The van der Waals surface area contributed by atoms with Gasteiger partial charge in [0.25, 0.3) is 0 Å². The number of hydrogen-bond donors (Lipinski definition) is 1. The molecule has 1 heterocycles. The Bertz CT molecular complexity index is 461. The Morgan fingerprint density at radius 3 is 2.86 bits per heavy atom. The third-order valence-corrected chi connectivity index (χ3v) is 4.55. The molecule has 2 rings (SSSR count). The van der Waals surface area contributed by atoms with Crippen molar-refractivity contribution in [2.45, 2.75) is 44.7 Å². The molecule has 3 nitrogen and oxygen atoms in total. The van der Waals surface area contributed by atoms with Crippen LogP contribution in [0.15, 0.2) is 18.2 Å². The first kappa shape index (κ1) is 16.6. The number of halogens is 1. The zero-order valence-corrected chi connectivity index (χ0v) is 14.2. The molecule has 0 aromatic heterocycles. The lowest BCUT2D eigenvalue weighted by Gasteiger charge is -2.31. The third kappa shape index (κ3) is 4.35. The van der Waals surface area contributed by atoms with Gasteiger partial charge in [-0.05, 0) is 57.5 Å². The van der Waals surface area contributed by atoms with Gasteiger partial charge in [0, 0.05) is 35.9 Å².